The van der Waals surface area contributed by atoms with Gasteiger partial charge in [0.05, 0.1) is 12.2 Å². The van der Waals surface area contributed by atoms with Crippen LogP contribution in [0.2, 0.25) is 0 Å². The number of nitrogens with one attached hydrogen (secondary N) is 2. The SMILES string of the molecule is CC(=O)Nc1ccc(-c2c(C#N)c(NCCO)nc(SCc3cccnc3)c2C#N)cc1. The maximum atomic E-state index is 11.3. The van der Waals surface area contributed by atoms with Crippen LogP contribution in [0.5, 0.6) is 0 Å². The van der Waals surface area contributed by atoms with Crippen LogP contribution >= 0.6 is 11.8 Å². The fraction of sp³-hybridized carbons (Fsp3) is 0.174. The minimum Gasteiger partial charge on any atom is -0.395 e. The number of amides is 1. The van der Waals surface area contributed by atoms with Crippen molar-refractivity contribution in [1.82, 2.24) is 9.97 Å². The molecular weight excluding hydrogens is 424 g/mol. The summed E-state index contributed by atoms with van der Waals surface area (Å²) in [7, 11) is 0. The van der Waals surface area contributed by atoms with Gasteiger partial charge in [-0.25, -0.2) is 4.98 Å². The Morgan fingerprint density at radius 2 is 1.91 bits per heavy atom. The van der Waals surface area contributed by atoms with Crippen LogP contribution in [0.1, 0.15) is 23.6 Å². The number of carbonyl (C=O) groups is 1. The number of rotatable bonds is 8. The number of thioether (sulfide) groups is 1. The van der Waals surface area contributed by atoms with Crippen molar-refractivity contribution in [2.45, 2.75) is 17.7 Å². The average molecular weight is 445 g/mol. The third kappa shape index (κ3) is 5.41. The highest BCUT2D eigenvalue weighted by Gasteiger charge is 2.22. The van der Waals surface area contributed by atoms with E-state index in [1.807, 2.05) is 12.1 Å². The molecule has 32 heavy (non-hydrogen) atoms. The number of pyridine rings is 2. The van der Waals surface area contributed by atoms with E-state index in [1.165, 1.54) is 18.7 Å². The van der Waals surface area contributed by atoms with Gasteiger partial charge in [-0.3, -0.25) is 9.78 Å². The number of aromatic nitrogens is 2. The van der Waals surface area contributed by atoms with Gasteiger partial charge in [0.2, 0.25) is 5.91 Å². The van der Waals surface area contributed by atoms with Crippen molar-refractivity contribution >= 4 is 29.2 Å². The number of aliphatic hydroxyl groups excluding tert-OH is 1. The van der Waals surface area contributed by atoms with Crippen molar-refractivity contribution in [3.63, 3.8) is 0 Å². The van der Waals surface area contributed by atoms with Gasteiger partial charge in [0.1, 0.15) is 28.5 Å². The van der Waals surface area contributed by atoms with Gasteiger partial charge in [-0.15, -0.1) is 11.8 Å². The molecule has 0 fully saturated rings. The summed E-state index contributed by atoms with van der Waals surface area (Å²) in [6, 6.07) is 15.0. The van der Waals surface area contributed by atoms with Gasteiger partial charge < -0.3 is 15.7 Å². The second kappa shape index (κ2) is 10.9. The Bertz CT molecular complexity index is 1180. The van der Waals surface area contributed by atoms with Crippen LogP contribution in [0.3, 0.4) is 0 Å². The summed E-state index contributed by atoms with van der Waals surface area (Å²) >= 11 is 1.37. The minimum atomic E-state index is -0.193. The highest BCUT2D eigenvalue weighted by atomic mass is 32.2. The van der Waals surface area contributed by atoms with Gasteiger partial charge in [-0.05, 0) is 29.3 Å². The van der Waals surface area contributed by atoms with E-state index in [0.717, 1.165) is 5.56 Å². The Kier molecular flexibility index (Phi) is 7.76. The Morgan fingerprint density at radius 3 is 2.50 bits per heavy atom. The molecule has 8 nitrogen and oxygen atoms in total. The Morgan fingerprint density at radius 1 is 1.16 bits per heavy atom. The summed E-state index contributed by atoms with van der Waals surface area (Å²) in [6.07, 6.45) is 3.43. The van der Waals surface area contributed by atoms with Crippen LogP contribution in [0, 0.1) is 22.7 Å². The molecule has 3 aromatic rings. The van der Waals surface area contributed by atoms with Crippen LogP contribution in [0.4, 0.5) is 11.5 Å². The first kappa shape index (κ1) is 22.8. The molecule has 1 aromatic carbocycles. The van der Waals surface area contributed by atoms with E-state index in [-0.39, 0.29) is 30.2 Å². The monoisotopic (exact) mass is 444 g/mol. The van der Waals surface area contributed by atoms with Crippen LogP contribution in [-0.2, 0) is 10.5 Å². The summed E-state index contributed by atoms with van der Waals surface area (Å²) in [5.74, 6) is 0.652. The van der Waals surface area contributed by atoms with Crippen molar-refractivity contribution < 1.29 is 9.90 Å². The largest absolute Gasteiger partial charge is 0.395 e. The zero-order valence-corrected chi connectivity index (χ0v) is 18.1. The zero-order chi connectivity index (χ0) is 22.9. The zero-order valence-electron chi connectivity index (χ0n) is 17.3. The van der Waals surface area contributed by atoms with E-state index in [2.05, 4.69) is 32.7 Å². The van der Waals surface area contributed by atoms with Crippen molar-refractivity contribution in [3.05, 3.63) is 65.5 Å². The molecule has 3 rings (SSSR count). The number of benzene rings is 1. The van der Waals surface area contributed by atoms with Crippen molar-refractivity contribution in [2.24, 2.45) is 0 Å². The predicted octanol–water partition coefficient (Wildman–Crippen LogP) is 3.54. The molecule has 0 unspecified atom stereocenters. The maximum Gasteiger partial charge on any atom is 0.221 e. The Labute approximate surface area is 190 Å². The van der Waals surface area contributed by atoms with Gasteiger partial charge in [0.25, 0.3) is 0 Å². The molecule has 2 aromatic heterocycles. The molecule has 1 amide bonds. The maximum absolute atomic E-state index is 11.3. The van der Waals surface area contributed by atoms with E-state index in [4.69, 9.17) is 0 Å². The fourth-order valence-corrected chi connectivity index (χ4v) is 3.95. The minimum absolute atomic E-state index is 0.133. The molecule has 0 bridgehead atoms. The lowest BCUT2D eigenvalue weighted by atomic mass is 9.96. The first-order chi connectivity index (χ1) is 15.6. The lowest BCUT2D eigenvalue weighted by Gasteiger charge is -2.16. The molecule has 0 aliphatic rings. The topological polar surface area (TPSA) is 135 Å². The summed E-state index contributed by atoms with van der Waals surface area (Å²) in [5.41, 5.74) is 3.18. The summed E-state index contributed by atoms with van der Waals surface area (Å²) in [6.45, 7) is 1.50. The van der Waals surface area contributed by atoms with Crippen LogP contribution < -0.4 is 10.6 Å². The molecule has 3 N–H and O–H groups in total. The summed E-state index contributed by atoms with van der Waals surface area (Å²) in [4.78, 5) is 19.9. The first-order valence-corrected chi connectivity index (χ1v) is 10.7. The van der Waals surface area contributed by atoms with Gasteiger partial charge in [0.15, 0.2) is 0 Å². The highest BCUT2D eigenvalue weighted by Crippen LogP contribution is 2.37. The molecule has 160 valence electrons. The number of hydrogen-bond donors (Lipinski definition) is 3. The molecule has 0 atom stereocenters. The smallest absolute Gasteiger partial charge is 0.221 e. The molecule has 0 radical (unpaired) electrons. The summed E-state index contributed by atoms with van der Waals surface area (Å²) in [5, 5.41) is 35.2. The molecule has 2 heterocycles. The van der Waals surface area contributed by atoms with Crippen LogP contribution in [-0.4, -0.2) is 34.1 Å². The number of aliphatic hydroxyl groups is 1. The number of hydrogen-bond acceptors (Lipinski definition) is 8. The van der Waals surface area contributed by atoms with Crippen LogP contribution in [0.25, 0.3) is 11.1 Å². The third-order valence-electron chi connectivity index (χ3n) is 4.38. The number of carbonyl (C=O) groups excluding carboxylic acids is 1. The second-order valence-electron chi connectivity index (χ2n) is 6.67. The molecule has 9 heteroatoms. The number of nitrogens with zero attached hydrogens (tertiary/aromatic N) is 4. The standard InChI is InChI=1S/C23H20N6O2S/c1-15(31)28-18-6-4-17(5-7-18)21-19(11-24)22(27-9-10-30)29-23(20(21)12-25)32-14-16-3-2-8-26-13-16/h2-8,13,30H,9-10,14H2,1H3,(H,27,29)(H,28,31). The predicted molar refractivity (Wildman–Crippen MR) is 123 cm³/mol. The quantitative estimate of drug-likeness (QED) is 0.449. The molecule has 0 aliphatic carbocycles. The van der Waals surface area contributed by atoms with Crippen LogP contribution in [0.15, 0.2) is 53.8 Å². The van der Waals surface area contributed by atoms with Gasteiger partial charge in [0, 0.05) is 42.9 Å². The number of nitriles is 2. The van der Waals surface area contributed by atoms with E-state index in [0.29, 0.717) is 33.4 Å². The average Bonchev–Trinajstić information content (AvgIpc) is 2.81. The molecule has 0 aliphatic heterocycles. The fourth-order valence-electron chi connectivity index (χ4n) is 3.03. The highest BCUT2D eigenvalue weighted by molar-refractivity contribution is 7.98. The normalized spacial score (nSPS) is 10.1. The van der Waals surface area contributed by atoms with Gasteiger partial charge in [-0.2, -0.15) is 10.5 Å². The lowest BCUT2D eigenvalue weighted by Crippen LogP contribution is -2.11. The van der Waals surface area contributed by atoms with Gasteiger partial charge >= 0.3 is 0 Å². The summed E-state index contributed by atoms with van der Waals surface area (Å²) < 4.78 is 0. The van der Waals surface area contributed by atoms with E-state index in [1.54, 1.807) is 36.7 Å². The first-order valence-electron chi connectivity index (χ1n) is 9.70. The van der Waals surface area contributed by atoms with Gasteiger partial charge in [-0.1, -0.05) is 18.2 Å². The van der Waals surface area contributed by atoms with E-state index in [9.17, 15) is 20.4 Å². The second-order valence-corrected chi connectivity index (χ2v) is 7.64. The molecular formula is C23H20N6O2S. The van der Waals surface area contributed by atoms with E-state index < -0.39 is 0 Å². The molecule has 0 saturated carbocycles. The molecule has 0 spiro atoms. The van der Waals surface area contributed by atoms with E-state index >= 15 is 0 Å². The Balaban J connectivity index is 2.11. The van der Waals surface area contributed by atoms with Crippen molar-refractivity contribution in [3.8, 4) is 23.3 Å². The van der Waals surface area contributed by atoms with Crippen molar-refractivity contribution in [1.29, 1.82) is 10.5 Å². The number of anilines is 2. The third-order valence-corrected chi connectivity index (χ3v) is 5.43. The molecule has 0 saturated heterocycles. The van der Waals surface area contributed by atoms with Crippen molar-refractivity contribution in [2.75, 3.05) is 23.8 Å². The Hall–Kier alpha value is -3.92. The lowest BCUT2D eigenvalue weighted by molar-refractivity contribution is -0.114.